The number of nitrogens with zero attached hydrogens (tertiary/aromatic N) is 1. The van der Waals surface area contributed by atoms with Gasteiger partial charge in [-0.25, -0.2) is 4.79 Å². The summed E-state index contributed by atoms with van der Waals surface area (Å²) in [6.07, 6.45) is 3.41. The second kappa shape index (κ2) is 8.04. The number of unbranched alkanes of at least 4 members (excludes halogenated alkanes) is 2. The summed E-state index contributed by atoms with van der Waals surface area (Å²) < 4.78 is 0. The highest BCUT2D eigenvalue weighted by Crippen LogP contribution is 2.07. The van der Waals surface area contributed by atoms with E-state index in [1.165, 1.54) is 12.1 Å². The molecule has 0 fully saturated rings. The molecule has 0 aliphatic carbocycles. The lowest BCUT2D eigenvalue weighted by atomic mass is 9.76. The van der Waals surface area contributed by atoms with Crippen LogP contribution in [0.25, 0.3) is 0 Å². The zero-order valence-electron chi connectivity index (χ0n) is 12.0. The first-order chi connectivity index (χ1) is 9.45. The van der Waals surface area contributed by atoms with Crippen molar-refractivity contribution in [3.63, 3.8) is 0 Å². The zero-order chi connectivity index (χ0) is 15.1. The number of aromatic carboxylic acids is 1. The van der Waals surface area contributed by atoms with E-state index < -0.39 is 13.1 Å². The van der Waals surface area contributed by atoms with Crippen LogP contribution in [-0.4, -0.2) is 46.7 Å². The number of rotatable bonds is 8. The summed E-state index contributed by atoms with van der Waals surface area (Å²) in [5.41, 5.74) is 1.06. The summed E-state index contributed by atoms with van der Waals surface area (Å²) in [6, 6.07) is 4.46. The van der Waals surface area contributed by atoms with Gasteiger partial charge in [0, 0.05) is 6.54 Å². The second-order valence-electron chi connectivity index (χ2n) is 5.04. The molecule has 5 nitrogen and oxygen atoms in total. The van der Waals surface area contributed by atoms with Gasteiger partial charge in [-0.1, -0.05) is 25.8 Å². The molecule has 0 spiro atoms. The Morgan fingerprint density at radius 3 is 2.55 bits per heavy atom. The lowest BCUT2D eigenvalue weighted by Crippen LogP contribution is -2.36. The first-order valence-corrected chi connectivity index (χ1v) is 6.86. The van der Waals surface area contributed by atoms with Gasteiger partial charge in [-0.2, -0.15) is 0 Å². The normalized spacial score (nSPS) is 10.8. The lowest BCUT2D eigenvalue weighted by molar-refractivity contribution is 0.0697. The fourth-order valence-corrected chi connectivity index (χ4v) is 2.11. The average Bonchev–Trinajstić information content (AvgIpc) is 2.38. The van der Waals surface area contributed by atoms with Gasteiger partial charge in [0.05, 0.1) is 5.56 Å². The van der Waals surface area contributed by atoms with Gasteiger partial charge in [0.25, 0.3) is 0 Å². The van der Waals surface area contributed by atoms with E-state index in [1.54, 1.807) is 6.07 Å². The van der Waals surface area contributed by atoms with Crippen LogP contribution < -0.4 is 5.46 Å². The molecule has 0 radical (unpaired) electrons. The summed E-state index contributed by atoms with van der Waals surface area (Å²) in [4.78, 5) is 13.0. The molecule has 1 aromatic carbocycles. The Bertz CT molecular complexity index is 451. The number of carboxylic acid groups (broad SMARTS) is 1. The van der Waals surface area contributed by atoms with Crippen molar-refractivity contribution < 1.29 is 19.9 Å². The number of carboxylic acids is 1. The maximum Gasteiger partial charge on any atom is 0.488 e. The van der Waals surface area contributed by atoms with Crippen molar-refractivity contribution in [2.45, 2.75) is 32.7 Å². The van der Waals surface area contributed by atoms with E-state index in [1.807, 2.05) is 7.05 Å². The third-order valence-corrected chi connectivity index (χ3v) is 3.25. The summed E-state index contributed by atoms with van der Waals surface area (Å²) in [6.45, 7) is 3.64. The van der Waals surface area contributed by atoms with Crippen LogP contribution in [0.4, 0.5) is 0 Å². The van der Waals surface area contributed by atoms with Crippen molar-refractivity contribution in [3.05, 3.63) is 29.3 Å². The van der Waals surface area contributed by atoms with Crippen LogP contribution in [0.2, 0.25) is 0 Å². The molecule has 0 unspecified atom stereocenters. The first-order valence-electron chi connectivity index (χ1n) is 6.86. The van der Waals surface area contributed by atoms with Crippen molar-refractivity contribution >= 4 is 18.6 Å². The van der Waals surface area contributed by atoms with Gasteiger partial charge in [0.2, 0.25) is 0 Å². The molecular formula is C14H22BNO4. The molecule has 1 aromatic rings. The summed E-state index contributed by atoms with van der Waals surface area (Å²) in [5, 5.41) is 27.7. The molecule has 0 aliphatic rings. The molecule has 0 amide bonds. The molecule has 1 rings (SSSR count). The van der Waals surface area contributed by atoms with E-state index in [4.69, 9.17) is 5.11 Å². The van der Waals surface area contributed by atoms with Crippen molar-refractivity contribution in [1.82, 2.24) is 4.90 Å². The van der Waals surface area contributed by atoms with E-state index in [2.05, 4.69) is 11.8 Å². The van der Waals surface area contributed by atoms with Gasteiger partial charge < -0.3 is 20.1 Å². The third kappa shape index (κ3) is 4.96. The van der Waals surface area contributed by atoms with Crippen LogP contribution in [-0.2, 0) is 6.54 Å². The van der Waals surface area contributed by atoms with Crippen molar-refractivity contribution in [1.29, 1.82) is 0 Å². The number of hydrogen-bond donors (Lipinski definition) is 3. The van der Waals surface area contributed by atoms with Crippen molar-refractivity contribution in [3.8, 4) is 0 Å². The molecule has 0 bridgehead atoms. The number of carbonyl (C=O) groups is 1. The predicted octanol–water partition coefficient (Wildman–Crippen LogP) is 0.687. The summed E-state index contributed by atoms with van der Waals surface area (Å²) >= 11 is 0. The van der Waals surface area contributed by atoms with E-state index in [0.29, 0.717) is 6.54 Å². The van der Waals surface area contributed by atoms with Gasteiger partial charge in [0.1, 0.15) is 0 Å². The number of hydrogen-bond acceptors (Lipinski definition) is 4. The molecule has 3 N–H and O–H groups in total. The Hall–Kier alpha value is -1.37. The molecule has 0 aromatic heterocycles. The van der Waals surface area contributed by atoms with Crippen LogP contribution >= 0.6 is 0 Å². The van der Waals surface area contributed by atoms with Gasteiger partial charge in [-0.15, -0.1) is 0 Å². The van der Waals surface area contributed by atoms with Crippen LogP contribution in [0.1, 0.15) is 42.1 Å². The second-order valence-corrected chi connectivity index (χ2v) is 5.04. The minimum atomic E-state index is -1.66. The van der Waals surface area contributed by atoms with Gasteiger partial charge >= 0.3 is 13.1 Å². The molecule has 0 aliphatic heterocycles. The molecule has 0 heterocycles. The fourth-order valence-electron chi connectivity index (χ4n) is 2.11. The Morgan fingerprint density at radius 1 is 1.30 bits per heavy atom. The average molecular weight is 279 g/mol. The number of benzene rings is 1. The fraction of sp³-hybridized carbons (Fsp3) is 0.500. The molecular weight excluding hydrogens is 257 g/mol. The Morgan fingerprint density at radius 2 is 2.00 bits per heavy atom. The molecule has 110 valence electrons. The minimum Gasteiger partial charge on any atom is -0.478 e. The minimum absolute atomic E-state index is 0.0606. The van der Waals surface area contributed by atoms with E-state index in [0.717, 1.165) is 31.4 Å². The topological polar surface area (TPSA) is 81.0 Å². The Labute approximate surface area is 120 Å². The maximum absolute atomic E-state index is 10.9. The molecule has 6 heteroatoms. The maximum atomic E-state index is 10.9. The van der Waals surface area contributed by atoms with E-state index in [9.17, 15) is 14.8 Å². The molecule has 0 atom stereocenters. The monoisotopic (exact) mass is 279 g/mol. The third-order valence-electron chi connectivity index (χ3n) is 3.25. The SMILES string of the molecule is CCCCCN(C)Cc1ccc(C(=O)O)cc1B(O)O. The van der Waals surface area contributed by atoms with Crippen LogP contribution in [0.5, 0.6) is 0 Å². The van der Waals surface area contributed by atoms with Crippen molar-refractivity contribution in [2.75, 3.05) is 13.6 Å². The molecule has 0 saturated heterocycles. The Balaban J connectivity index is 2.80. The zero-order valence-corrected chi connectivity index (χ0v) is 12.0. The molecule has 0 saturated carbocycles. The highest BCUT2D eigenvalue weighted by molar-refractivity contribution is 6.59. The van der Waals surface area contributed by atoms with Gasteiger partial charge in [-0.05, 0) is 43.2 Å². The van der Waals surface area contributed by atoms with Crippen LogP contribution in [0.3, 0.4) is 0 Å². The standard InChI is InChI=1S/C14H22BNO4/c1-3-4-5-8-16(2)10-12-7-6-11(14(17)18)9-13(12)15(19)20/h6-7,9,19-20H,3-5,8,10H2,1-2H3,(H,17,18). The molecule has 20 heavy (non-hydrogen) atoms. The van der Waals surface area contributed by atoms with Crippen molar-refractivity contribution in [2.24, 2.45) is 0 Å². The lowest BCUT2D eigenvalue weighted by Gasteiger charge is -2.19. The highest BCUT2D eigenvalue weighted by Gasteiger charge is 2.19. The highest BCUT2D eigenvalue weighted by atomic mass is 16.4. The van der Waals surface area contributed by atoms with Gasteiger partial charge in [0.15, 0.2) is 0 Å². The largest absolute Gasteiger partial charge is 0.488 e. The van der Waals surface area contributed by atoms with Gasteiger partial charge in [-0.3, -0.25) is 0 Å². The van der Waals surface area contributed by atoms with Crippen LogP contribution in [0.15, 0.2) is 18.2 Å². The summed E-state index contributed by atoms with van der Waals surface area (Å²) in [7, 11) is 0.308. The Kier molecular flexibility index (Phi) is 6.71. The van der Waals surface area contributed by atoms with Crippen LogP contribution in [0, 0.1) is 0 Å². The smallest absolute Gasteiger partial charge is 0.478 e. The van der Waals surface area contributed by atoms with E-state index >= 15 is 0 Å². The summed E-state index contributed by atoms with van der Waals surface area (Å²) in [5.74, 6) is -1.07. The quantitative estimate of drug-likeness (QED) is 0.482. The van der Waals surface area contributed by atoms with E-state index in [-0.39, 0.29) is 11.0 Å². The predicted molar refractivity (Wildman–Crippen MR) is 79.1 cm³/mol. The first kappa shape index (κ1) is 16.7.